The van der Waals surface area contributed by atoms with E-state index in [-0.39, 0.29) is 117 Å². The Bertz CT molecular complexity index is 2740. The molecule has 2 aliphatic carbocycles. The lowest BCUT2D eigenvalue weighted by Crippen LogP contribution is -2.43. The van der Waals surface area contributed by atoms with E-state index in [2.05, 4.69) is 201 Å². The van der Waals surface area contributed by atoms with Crippen molar-refractivity contribution in [3.63, 3.8) is 0 Å². The minimum atomic E-state index is -0.873. The smallest absolute Gasteiger partial charge is 0.332 e. The molecule has 0 aromatic carbocycles. The van der Waals surface area contributed by atoms with Gasteiger partial charge in [0, 0.05) is 13.0 Å². The molecular formula is C107H217N3O17. The molecule has 4 unspecified atom stereocenters. The fourth-order valence-electron chi connectivity index (χ4n) is 11.2. The van der Waals surface area contributed by atoms with Gasteiger partial charge in [-0.1, -0.05) is 329 Å². The second-order valence-corrected chi connectivity index (χ2v) is 50.4. The monoisotopic (exact) mass is 1820 g/mol. The van der Waals surface area contributed by atoms with Crippen LogP contribution in [0.15, 0.2) is 0 Å². The Kier molecular flexibility index (Phi) is 75.5. The molecule has 4 atom stereocenters. The number of nitrogens with two attached hydrogens (primary N) is 3. The zero-order valence-corrected chi connectivity index (χ0v) is 92.5. The summed E-state index contributed by atoms with van der Waals surface area (Å²) in [5.74, 6) is -0.367. The highest BCUT2D eigenvalue weighted by Crippen LogP contribution is 2.31. The molecule has 0 heterocycles. The number of carbonyl (C=O) groups excluding carboxylic acids is 8. The number of rotatable bonds is 33. The van der Waals surface area contributed by atoms with Crippen molar-refractivity contribution in [1.29, 1.82) is 0 Å². The quantitative estimate of drug-likeness (QED) is 0.0312. The molecule has 0 aromatic rings. The van der Waals surface area contributed by atoms with Crippen LogP contribution < -0.4 is 17.2 Å². The molecule has 0 aliphatic heterocycles. The largest absolute Gasteiger partial charge is 0.466 e. The van der Waals surface area contributed by atoms with Crippen molar-refractivity contribution in [1.82, 2.24) is 0 Å². The normalized spacial score (nSPS) is 14.5. The van der Waals surface area contributed by atoms with Gasteiger partial charge in [-0.05, 0) is 208 Å². The molecule has 0 saturated heterocycles. The summed E-state index contributed by atoms with van der Waals surface area (Å²) < 4.78 is 46.4. The average Bonchev–Trinajstić information content (AvgIpc) is 1.81. The van der Waals surface area contributed by atoms with Crippen molar-refractivity contribution in [2.75, 3.05) is 52.9 Å². The summed E-state index contributed by atoms with van der Waals surface area (Å²) in [7, 11) is 0. The topological polar surface area (TPSA) is 298 Å². The second kappa shape index (κ2) is 69.4. The highest BCUT2D eigenvalue weighted by molar-refractivity contribution is 5.79. The predicted molar refractivity (Wildman–Crippen MR) is 535 cm³/mol. The van der Waals surface area contributed by atoms with Crippen LogP contribution >= 0.6 is 0 Å². The Balaban J connectivity index is -0.000000208. The van der Waals surface area contributed by atoms with E-state index in [0.717, 1.165) is 103 Å². The molecule has 2 rings (SSSR count). The third kappa shape index (κ3) is 112. The molecule has 0 bridgehead atoms. The van der Waals surface area contributed by atoms with Crippen LogP contribution in [-0.4, -0.2) is 130 Å². The summed E-state index contributed by atoms with van der Waals surface area (Å²) in [4.78, 5) is 90.8. The van der Waals surface area contributed by atoms with Crippen molar-refractivity contribution in [3.05, 3.63) is 0 Å². The molecule has 2 fully saturated rings. The van der Waals surface area contributed by atoms with Gasteiger partial charge in [0.15, 0.2) is 0 Å². The molecule has 0 amide bonds. The molecule has 0 spiro atoms. The van der Waals surface area contributed by atoms with E-state index in [1.54, 1.807) is 13.8 Å². The number of hydrogen-bond donors (Lipinski definition) is 3. The van der Waals surface area contributed by atoms with Gasteiger partial charge in [-0.2, -0.15) is 0 Å². The third-order valence-corrected chi connectivity index (χ3v) is 19.2. The highest BCUT2D eigenvalue weighted by Gasteiger charge is 2.31. The van der Waals surface area contributed by atoms with Crippen LogP contribution in [-0.2, 0) is 81.0 Å². The lowest BCUT2D eigenvalue weighted by atomic mass is 9.87. The molecule has 2 saturated carbocycles. The van der Waals surface area contributed by atoms with Crippen molar-refractivity contribution in [2.24, 2.45) is 106 Å². The molecule has 127 heavy (non-hydrogen) atoms. The first-order valence-electron chi connectivity index (χ1n) is 49.2. The SMILES string of the molecule is CC(C)(C)CCCOC(=O)C(C)(C)N.CC(C)(C)CCCOC(=O)C(N)C(C)(C)C.CC(C)(C)CCCOC(=O)C1CCCC1.CC(C)C(N)C(=O)OCCCC(C)(C)C.CC(C)CC(=O)OCCC(C)(C)C.CC(CC(C)(C)C)OC(=O)C(C)C.CC(CC(C)(C)C)OC(=O)C1CCCC1.CCC(C)(C)C.CCCC(C)(C)C.CCCOCC(=O)OCC(C)(C)C. The van der Waals surface area contributed by atoms with Crippen LogP contribution in [0, 0.1) is 89.2 Å². The van der Waals surface area contributed by atoms with E-state index in [0.29, 0.717) is 91.1 Å². The van der Waals surface area contributed by atoms with E-state index in [4.69, 9.17) is 59.8 Å². The first kappa shape index (κ1) is 138. The van der Waals surface area contributed by atoms with E-state index in [1.807, 2.05) is 104 Å². The Hall–Kier alpha value is -4.40. The van der Waals surface area contributed by atoms with Crippen LogP contribution in [0.4, 0.5) is 0 Å². The number of esters is 8. The Morgan fingerprint density at radius 2 is 0.693 bits per heavy atom. The van der Waals surface area contributed by atoms with Crippen LogP contribution in [0.25, 0.3) is 0 Å². The number of carbonyl (C=O) groups is 8. The maximum absolute atomic E-state index is 11.7. The van der Waals surface area contributed by atoms with Gasteiger partial charge in [-0.3, -0.25) is 33.6 Å². The fraction of sp³-hybridized carbons (Fsp3) is 0.925. The van der Waals surface area contributed by atoms with Gasteiger partial charge in [0.1, 0.15) is 24.2 Å². The van der Waals surface area contributed by atoms with Gasteiger partial charge in [0.2, 0.25) is 0 Å². The summed E-state index contributed by atoms with van der Waals surface area (Å²) in [6.45, 7) is 100.0. The van der Waals surface area contributed by atoms with Crippen LogP contribution in [0.5, 0.6) is 0 Å². The maximum atomic E-state index is 11.7. The molecule has 0 radical (unpaired) electrons. The summed E-state index contributed by atoms with van der Waals surface area (Å²) in [5.41, 5.74) is 19.0. The summed E-state index contributed by atoms with van der Waals surface area (Å²) in [6, 6.07) is -1.03. The molecule has 0 aromatic heterocycles. The molecule has 2 aliphatic rings. The third-order valence-electron chi connectivity index (χ3n) is 19.2. The van der Waals surface area contributed by atoms with Crippen LogP contribution in [0.3, 0.4) is 0 Å². The van der Waals surface area contributed by atoms with Crippen molar-refractivity contribution in [2.45, 2.75) is 502 Å². The Morgan fingerprint density at radius 3 is 0.984 bits per heavy atom. The van der Waals surface area contributed by atoms with Gasteiger partial charge in [-0.15, -0.1) is 0 Å². The Morgan fingerprint density at radius 1 is 0.346 bits per heavy atom. The summed E-state index contributed by atoms with van der Waals surface area (Å²) in [6.07, 6.45) is 25.1. The van der Waals surface area contributed by atoms with Crippen LogP contribution in [0.2, 0.25) is 0 Å². The van der Waals surface area contributed by atoms with Crippen LogP contribution in [0.1, 0.15) is 473 Å². The maximum Gasteiger partial charge on any atom is 0.332 e. The highest BCUT2D eigenvalue weighted by atomic mass is 16.6. The molecule has 762 valence electrons. The predicted octanol–water partition coefficient (Wildman–Crippen LogP) is 27.6. The minimum Gasteiger partial charge on any atom is -0.466 e. The van der Waals surface area contributed by atoms with E-state index < -0.39 is 17.6 Å². The minimum absolute atomic E-state index is 0.0231. The average molecular weight is 1820 g/mol. The van der Waals surface area contributed by atoms with E-state index >= 15 is 0 Å². The molecular weight excluding hydrogens is 1600 g/mol. The van der Waals surface area contributed by atoms with Crippen molar-refractivity contribution >= 4 is 47.8 Å². The standard InChI is InChI=1S/C13H27NO2.2C13H24O2.C12H25NO2.C11H23NO2.2C11H22O2.C10H20O3.C7H16.C6H14/c1-12(2,3)8-7-9-16-11(15)10(14)13(4,5)6;1-10(9-13(2,3)4)15-12(14)11-7-5-6-8-11;1-13(2,3)9-6-10-15-12(14)11-7-4-5-8-11;1-9(2)10(13)11(14)15-8-6-7-12(3,4)5;1-10(2,3)7-6-8-14-9(13)11(4,5)12;1-8(2)10(12)13-9(3)7-11(4,5)6;1-9(2)8-10(12)13-7-6-11(3,4)5;1-5-6-12-7-9(11)13-8-10(2,3)4;1-5-6-7(2,3)4;1-5-6(2,3)4/h10H,7-9,14H2,1-6H3;10-11H,5-9H2,1-4H3;11H,4-10H2,1-3H3;9-10H,6-8,13H2,1-5H3;6-8,12H2,1-5H3;8-9H,7H2,1-6H3;9H,6-8H2,1-5H3;5-8H2,1-4H3;5-6H2,1-4H3;5H2,1-4H3. The molecule has 20 nitrogen and oxygen atoms in total. The van der Waals surface area contributed by atoms with E-state index in [1.165, 1.54) is 44.9 Å². The van der Waals surface area contributed by atoms with Gasteiger partial charge in [0.05, 0.1) is 69.6 Å². The van der Waals surface area contributed by atoms with Gasteiger partial charge in [-0.25, -0.2) is 4.79 Å². The van der Waals surface area contributed by atoms with Crippen molar-refractivity contribution in [3.8, 4) is 0 Å². The van der Waals surface area contributed by atoms with Gasteiger partial charge in [0.25, 0.3) is 0 Å². The second-order valence-electron chi connectivity index (χ2n) is 50.4. The molecule has 6 N–H and O–H groups in total. The fourth-order valence-corrected chi connectivity index (χ4v) is 11.2. The lowest BCUT2D eigenvalue weighted by Gasteiger charge is -2.25. The Labute approximate surface area is 786 Å². The summed E-state index contributed by atoms with van der Waals surface area (Å²) in [5, 5.41) is 0. The van der Waals surface area contributed by atoms with Gasteiger partial charge < -0.3 is 59.8 Å². The molecule has 20 heteroatoms. The summed E-state index contributed by atoms with van der Waals surface area (Å²) >= 11 is 0. The van der Waals surface area contributed by atoms with E-state index in [9.17, 15) is 38.4 Å². The number of hydrogen-bond acceptors (Lipinski definition) is 20. The first-order chi connectivity index (χ1) is 56.9. The zero-order chi connectivity index (χ0) is 102. The van der Waals surface area contributed by atoms with Crippen molar-refractivity contribution < 1.29 is 81.0 Å². The zero-order valence-electron chi connectivity index (χ0n) is 92.5. The first-order valence-corrected chi connectivity index (χ1v) is 49.2. The number of ether oxygens (including phenoxy) is 9. The lowest BCUT2D eigenvalue weighted by molar-refractivity contribution is -0.154. The van der Waals surface area contributed by atoms with Gasteiger partial charge >= 0.3 is 47.8 Å².